The van der Waals surface area contributed by atoms with E-state index < -0.39 is 0 Å². The molecule has 2 aliphatic carbocycles. The first-order chi connectivity index (χ1) is 8.66. The van der Waals surface area contributed by atoms with Gasteiger partial charge in [0.15, 0.2) is 18.4 Å². The highest BCUT2D eigenvalue weighted by molar-refractivity contribution is 14.1. The van der Waals surface area contributed by atoms with Crippen molar-refractivity contribution >= 4 is 22.6 Å². The first kappa shape index (κ1) is 12.6. The van der Waals surface area contributed by atoms with Crippen molar-refractivity contribution in [2.45, 2.75) is 43.1 Å². The summed E-state index contributed by atoms with van der Waals surface area (Å²) in [6.45, 7) is 4.66. The monoisotopic (exact) mass is 354 g/mol. The van der Waals surface area contributed by atoms with E-state index in [9.17, 15) is 0 Å². The predicted octanol–water partition coefficient (Wildman–Crippen LogP) is 4.09. The molecule has 0 N–H and O–H groups in total. The van der Waals surface area contributed by atoms with Crippen LogP contribution in [0.3, 0.4) is 0 Å². The summed E-state index contributed by atoms with van der Waals surface area (Å²) in [6.07, 6.45) is 8.49. The lowest BCUT2D eigenvalue weighted by atomic mass is 9.79. The van der Waals surface area contributed by atoms with Crippen LogP contribution in [0.1, 0.15) is 39.2 Å². The van der Waals surface area contributed by atoms with Gasteiger partial charge in [-0.15, -0.1) is 0 Å². The van der Waals surface area contributed by atoms with Crippen LogP contribution in [0.5, 0.6) is 0 Å². The number of fused-ring (bicyclic) bond motifs is 1. The molecule has 0 radical (unpaired) electrons. The van der Waals surface area contributed by atoms with Crippen molar-refractivity contribution in [2.24, 2.45) is 11.8 Å². The molecule has 1 heterocycles. The van der Waals surface area contributed by atoms with Gasteiger partial charge in [-0.25, -0.2) is 4.57 Å². The van der Waals surface area contributed by atoms with Crippen LogP contribution in [0.15, 0.2) is 41.7 Å². The van der Waals surface area contributed by atoms with Crippen molar-refractivity contribution in [3.8, 4) is 0 Å². The van der Waals surface area contributed by atoms with Crippen molar-refractivity contribution in [3.63, 3.8) is 0 Å². The van der Waals surface area contributed by atoms with Gasteiger partial charge in [0, 0.05) is 18.6 Å². The Morgan fingerprint density at radius 2 is 1.72 bits per heavy atom. The molecule has 0 amide bonds. The second-order valence-corrected chi connectivity index (χ2v) is 7.40. The maximum absolute atomic E-state index is 2.71. The van der Waals surface area contributed by atoms with Crippen LogP contribution < -0.4 is 4.57 Å². The Morgan fingerprint density at radius 1 is 1.06 bits per heavy atom. The fourth-order valence-electron chi connectivity index (χ4n) is 3.69. The third-order valence-electron chi connectivity index (χ3n) is 4.89. The minimum absolute atomic E-state index is 0.695. The molecule has 1 aromatic rings. The van der Waals surface area contributed by atoms with E-state index in [4.69, 9.17) is 0 Å². The van der Waals surface area contributed by atoms with Crippen LogP contribution in [0.25, 0.3) is 0 Å². The van der Waals surface area contributed by atoms with Gasteiger partial charge < -0.3 is 0 Å². The molecule has 18 heavy (non-hydrogen) atoms. The standard InChI is InChI=1S/C16H21IN/c1-11-8-13-10-15(18-6-4-3-5-7-18)16(17)14(13)9-12(11)2/h3-7,13-16H,8-10H2,1-2H3/q+1/t13-,14+,15+,16-/m1/s1. The minimum Gasteiger partial charge on any atom is -0.201 e. The predicted molar refractivity (Wildman–Crippen MR) is 82.7 cm³/mol. The fraction of sp³-hybridized carbons (Fsp3) is 0.562. The van der Waals surface area contributed by atoms with Gasteiger partial charge in [-0.05, 0) is 38.5 Å². The van der Waals surface area contributed by atoms with E-state index in [1.807, 2.05) is 0 Å². The normalized spacial score (nSPS) is 35.7. The van der Waals surface area contributed by atoms with Gasteiger partial charge in [0.2, 0.25) is 0 Å². The summed E-state index contributed by atoms with van der Waals surface area (Å²) in [5.74, 6) is 1.81. The number of pyridine rings is 1. The van der Waals surface area contributed by atoms with Gasteiger partial charge in [0.1, 0.15) is 0 Å². The molecular formula is C16H21IN+. The zero-order valence-electron chi connectivity index (χ0n) is 11.1. The molecule has 3 rings (SSSR count). The van der Waals surface area contributed by atoms with Crippen LogP contribution in [0.4, 0.5) is 0 Å². The highest BCUT2D eigenvalue weighted by atomic mass is 127. The number of allylic oxidation sites excluding steroid dienone is 2. The Hall–Kier alpha value is -0.380. The molecule has 0 aliphatic heterocycles. The van der Waals surface area contributed by atoms with Crippen molar-refractivity contribution in [1.82, 2.24) is 0 Å². The highest BCUT2D eigenvalue weighted by Gasteiger charge is 2.47. The SMILES string of the molecule is CC1=C(C)C[C@H]2[C@H](C1)C[C@H]([n+]1ccccc1)[C@@H]2I. The number of alkyl halides is 1. The Morgan fingerprint density at radius 3 is 2.44 bits per heavy atom. The van der Waals surface area contributed by atoms with Gasteiger partial charge in [0.05, 0.1) is 3.92 Å². The number of hydrogen-bond donors (Lipinski definition) is 0. The molecule has 2 heteroatoms. The van der Waals surface area contributed by atoms with Gasteiger partial charge in [-0.2, -0.15) is 0 Å². The van der Waals surface area contributed by atoms with E-state index in [2.05, 4.69) is 71.6 Å². The van der Waals surface area contributed by atoms with Gasteiger partial charge in [-0.1, -0.05) is 39.8 Å². The first-order valence-electron chi connectivity index (χ1n) is 6.92. The number of halogens is 1. The summed E-state index contributed by atoms with van der Waals surface area (Å²) >= 11 is 2.71. The summed E-state index contributed by atoms with van der Waals surface area (Å²) in [5.41, 5.74) is 3.30. The second-order valence-electron chi connectivity index (χ2n) is 5.96. The molecule has 0 spiro atoms. The Balaban J connectivity index is 1.84. The summed E-state index contributed by atoms with van der Waals surface area (Å²) in [7, 11) is 0. The molecule has 2 aliphatic rings. The number of aromatic nitrogens is 1. The third-order valence-corrected chi connectivity index (χ3v) is 6.64. The van der Waals surface area contributed by atoms with E-state index in [1.54, 1.807) is 11.1 Å². The van der Waals surface area contributed by atoms with Crippen LogP contribution in [-0.4, -0.2) is 3.92 Å². The number of hydrogen-bond acceptors (Lipinski definition) is 0. The van der Waals surface area contributed by atoms with Crippen LogP contribution in [0, 0.1) is 11.8 Å². The molecular weight excluding hydrogens is 333 g/mol. The molecule has 1 nitrogen and oxygen atoms in total. The Kier molecular flexibility index (Phi) is 3.48. The molecule has 0 bridgehead atoms. The summed E-state index contributed by atoms with van der Waals surface area (Å²) < 4.78 is 3.21. The van der Waals surface area contributed by atoms with Crippen LogP contribution >= 0.6 is 22.6 Å². The Bertz CT molecular complexity index is 465. The molecule has 0 unspecified atom stereocenters. The highest BCUT2D eigenvalue weighted by Crippen LogP contribution is 2.50. The van der Waals surface area contributed by atoms with E-state index >= 15 is 0 Å². The molecule has 0 aromatic carbocycles. The molecule has 1 fully saturated rings. The molecule has 1 saturated carbocycles. The van der Waals surface area contributed by atoms with E-state index in [-0.39, 0.29) is 0 Å². The number of nitrogens with zero attached hydrogens (tertiary/aromatic N) is 1. The lowest BCUT2D eigenvalue weighted by molar-refractivity contribution is -0.720. The summed E-state index contributed by atoms with van der Waals surface area (Å²) in [5, 5.41) is 0. The topological polar surface area (TPSA) is 3.88 Å². The van der Waals surface area contributed by atoms with Crippen LogP contribution in [0.2, 0.25) is 0 Å². The maximum Gasteiger partial charge on any atom is 0.170 e. The van der Waals surface area contributed by atoms with Crippen molar-refractivity contribution in [1.29, 1.82) is 0 Å². The summed E-state index contributed by atoms with van der Waals surface area (Å²) in [6, 6.07) is 7.11. The third kappa shape index (κ3) is 2.13. The van der Waals surface area contributed by atoms with E-state index in [0.717, 1.165) is 15.8 Å². The van der Waals surface area contributed by atoms with Gasteiger partial charge in [-0.3, -0.25) is 0 Å². The maximum atomic E-state index is 2.71. The number of rotatable bonds is 1. The van der Waals surface area contributed by atoms with Gasteiger partial charge in [0.25, 0.3) is 0 Å². The second kappa shape index (κ2) is 4.95. The zero-order valence-corrected chi connectivity index (χ0v) is 13.3. The van der Waals surface area contributed by atoms with Crippen LogP contribution in [-0.2, 0) is 0 Å². The molecule has 4 atom stereocenters. The Labute approximate surface area is 123 Å². The van der Waals surface area contributed by atoms with Crippen molar-refractivity contribution in [3.05, 3.63) is 41.7 Å². The smallest absolute Gasteiger partial charge is 0.170 e. The van der Waals surface area contributed by atoms with Crippen molar-refractivity contribution < 1.29 is 4.57 Å². The molecule has 1 aromatic heterocycles. The van der Waals surface area contributed by atoms with E-state index in [0.29, 0.717) is 6.04 Å². The largest absolute Gasteiger partial charge is 0.201 e. The lowest BCUT2D eigenvalue weighted by Crippen LogP contribution is -2.41. The van der Waals surface area contributed by atoms with Gasteiger partial charge >= 0.3 is 0 Å². The zero-order chi connectivity index (χ0) is 12.7. The van der Waals surface area contributed by atoms with E-state index in [1.165, 1.54) is 19.3 Å². The quantitative estimate of drug-likeness (QED) is 0.310. The van der Waals surface area contributed by atoms with Crippen molar-refractivity contribution in [2.75, 3.05) is 0 Å². The minimum atomic E-state index is 0.695. The molecule has 0 saturated heterocycles. The summed E-state index contributed by atoms with van der Waals surface area (Å²) in [4.78, 5) is 0. The molecule has 96 valence electrons. The average Bonchev–Trinajstić information content (AvgIpc) is 2.69. The average molecular weight is 354 g/mol. The lowest BCUT2D eigenvalue weighted by Gasteiger charge is -2.28. The first-order valence-corrected chi connectivity index (χ1v) is 8.16. The fourth-order valence-corrected chi connectivity index (χ4v) is 5.20.